The predicted octanol–water partition coefficient (Wildman–Crippen LogP) is 2.86. The summed E-state index contributed by atoms with van der Waals surface area (Å²) in [6.45, 7) is 11.2. The third kappa shape index (κ3) is 4.29. The van der Waals surface area contributed by atoms with E-state index in [0.717, 1.165) is 19.6 Å². The number of hydrogen-bond acceptors (Lipinski definition) is 4. The summed E-state index contributed by atoms with van der Waals surface area (Å²) in [5.74, 6) is -0.296. The summed E-state index contributed by atoms with van der Waals surface area (Å²) in [5, 5.41) is 0. The number of morpholine rings is 1. The molecule has 4 heteroatoms. The van der Waals surface area contributed by atoms with Crippen molar-refractivity contribution < 1.29 is 14.3 Å². The average Bonchev–Trinajstić information content (AvgIpc) is 2.35. The van der Waals surface area contributed by atoms with E-state index in [4.69, 9.17) is 9.47 Å². The van der Waals surface area contributed by atoms with Gasteiger partial charge in [0.1, 0.15) is 0 Å². The van der Waals surface area contributed by atoms with E-state index in [1.807, 2.05) is 24.3 Å². The molecule has 0 saturated carbocycles. The van der Waals surface area contributed by atoms with Gasteiger partial charge in [0.15, 0.2) is 0 Å². The van der Waals surface area contributed by atoms with Gasteiger partial charge < -0.3 is 9.47 Å². The molecule has 2 rings (SSSR count). The highest BCUT2D eigenvalue weighted by Crippen LogP contribution is 2.28. The minimum absolute atomic E-state index is 0.145. The summed E-state index contributed by atoms with van der Waals surface area (Å²) < 4.78 is 10.8. The second kappa shape index (κ2) is 5.78. The van der Waals surface area contributed by atoms with Gasteiger partial charge in [0.2, 0.25) is 0 Å². The van der Waals surface area contributed by atoms with Crippen LogP contribution >= 0.6 is 0 Å². The number of rotatable bonds is 3. The number of carbonyl (C=O) groups excluding carboxylic acids is 1. The zero-order chi connectivity index (χ0) is 15.7. The van der Waals surface area contributed by atoms with Crippen molar-refractivity contribution in [1.29, 1.82) is 0 Å². The van der Waals surface area contributed by atoms with Crippen LogP contribution in [-0.4, -0.2) is 42.3 Å². The molecule has 0 aromatic heterocycles. The van der Waals surface area contributed by atoms with Crippen LogP contribution in [0.1, 0.15) is 43.6 Å². The Bertz CT molecular complexity index is 489. The van der Waals surface area contributed by atoms with Crippen molar-refractivity contribution in [3.05, 3.63) is 35.4 Å². The average molecular weight is 291 g/mol. The molecule has 1 aromatic carbocycles. The topological polar surface area (TPSA) is 38.8 Å². The van der Waals surface area contributed by atoms with Crippen molar-refractivity contribution in [3.63, 3.8) is 0 Å². The lowest BCUT2D eigenvalue weighted by atomic mass is 9.98. The maximum Gasteiger partial charge on any atom is 0.337 e. The zero-order valence-corrected chi connectivity index (χ0v) is 13.6. The van der Waals surface area contributed by atoms with Crippen LogP contribution < -0.4 is 0 Å². The van der Waals surface area contributed by atoms with E-state index in [1.54, 1.807) is 0 Å². The summed E-state index contributed by atoms with van der Waals surface area (Å²) in [7, 11) is 1.40. The van der Waals surface area contributed by atoms with Gasteiger partial charge >= 0.3 is 5.97 Å². The minimum Gasteiger partial charge on any atom is -0.465 e. The normalized spacial score (nSPS) is 21.0. The van der Waals surface area contributed by atoms with E-state index in [1.165, 1.54) is 12.7 Å². The molecule has 0 spiro atoms. The van der Waals surface area contributed by atoms with Crippen LogP contribution in [0.25, 0.3) is 0 Å². The van der Waals surface area contributed by atoms with Crippen LogP contribution in [0.5, 0.6) is 0 Å². The van der Waals surface area contributed by atoms with Crippen LogP contribution in [0.15, 0.2) is 24.3 Å². The lowest BCUT2D eigenvalue weighted by Gasteiger charge is -2.47. The van der Waals surface area contributed by atoms with E-state index in [-0.39, 0.29) is 17.2 Å². The SMILES string of the molecule is COC(=O)c1ccc(CN2CC(C)(C)OC(C)(C)C2)cc1. The van der Waals surface area contributed by atoms with Gasteiger partial charge in [-0.1, -0.05) is 12.1 Å². The molecule has 1 fully saturated rings. The van der Waals surface area contributed by atoms with Crippen molar-refractivity contribution in [2.24, 2.45) is 0 Å². The summed E-state index contributed by atoms with van der Waals surface area (Å²) in [6, 6.07) is 7.61. The highest BCUT2D eigenvalue weighted by atomic mass is 16.5. The van der Waals surface area contributed by atoms with Gasteiger partial charge in [0.05, 0.1) is 23.9 Å². The Morgan fingerprint density at radius 2 is 1.67 bits per heavy atom. The molecule has 4 nitrogen and oxygen atoms in total. The highest BCUT2D eigenvalue weighted by molar-refractivity contribution is 5.89. The fourth-order valence-electron chi connectivity index (χ4n) is 3.18. The molecule has 1 aliphatic heterocycles. The molecule has 0 bridgehead atoms. The first-order chi connectivity index (χ1) is 9.71. The van der Waals surface area contributed by atoms with Gasteiger partial charge in [-0.15, -0.1) is 0 Å². The van der Waals surface area contributed by atoms with E-state index in [0.29, 0.717) is 5.56 Å². The van der Waals surface area contributed by atoms with E-state index in [9.17, 15) is 4.79 Å². The van der Waals surface area contributed by atoms with Gasteiger partial charge in [0.25, 0.3) is 0 Å². The highest BCUT2D eigenvalue weighted by Gasteiger charge is 2.37. The first-order valence-electron chi connectivity index (χ1n) is 7.31. The molecule has 0 atom stereocenters. The first kappa shape index (κ1) is 16.0. The number of methoxy groups -OCH3 is 1. The molecule has 0 unspecified atom stereocenters. The summed E-state index contributed by atoms with van der Waals surface area (Å²) in [4.78, 5) is 13.8. The van der Waals surface area contributed by atoms with Gasteiger partial charge in [-0.3, -0.25) is 4.90 Å². The van der Waals surface area contributed by atoms with Crippen molar-refractivity contribution in [2.75, 3.05) is 20.2 Å². The third-order valence-electron chi connectivity index (χ3n) is 3.54. The molecule has 0 N–H and O–H groups in total. The van der Waals surface area contributed by atoms with Crippen LogP contribution in [0.2, 0.25) is 0 Å². The Morgan fingerprint density at radius 3 is 2.14 bits per heavy atom. The maximum absolute atomic E-state index is 11.4. The quantitative estimate of drug-likeness (QED) is 0.803. The second-order valence-electron chi connectivity index (χ2n) is 6.96. The number of nitrogens with zero attached hydrogens (tertiary/aromatic N) is 1. The van der Waals surface area contributed by atoms with Crippen molar-refractivity contribution in [1.82, 2.24) is 4.90 Å². The molecule has 21 heavy (non-hydrogen) atoms. The Balaban J connectivity index is 2.06. The molecule has 0 radical (unpaired) electrons. The first-order valence-corrected chi connectivity index (χ1v) is 7.31. The predicted molar refractivity (Wildman–Crippen MR) is 82.3 cm³/mol. The van der Waals surface area contributed by atoms with Crippen LogP contribution in [-0.2, 0) is 16.0 Å². The number of hydrogen-bond donors (Lipinski definition) is 0. The van der Waals surface area contributed by atoms with E-state index >= 15 is 0 Å². The van der Waals surface area contributed by atoms with Gasteiger partial charge in [-0.2, -0.15) is 0 Å². The van der Waals surface area contributed by atoms with Gasteiger partial charge in [0, 0.05) is 19.6 Å². The molecule has 0 amide bonds. The molecule has 0 aliphatic carbocycles. The number of ether oxygens (including phenoxy) is 2. The number of carbonyl (C=O) groups is 1. The van der Waals surface area contributed by atoms with Gasteiger partial charge in [-0.25, -0.2) is 4.79 Å². The fraction of sp³-hybridized carbons (Fsp3) is 0.588. The van der Waals surface area contributed by atoms with E-state index in [2.05, 4.69) is 32.6 Å². The molecule has 1 heterocycles. The summed E-state index contributed by atoms with van der Waals surface area (Å²) in [5.41, 5.74) is 1.49. The second-order valence-corrected chi connectivity index (χ2v) is 6.96. The minimum atomic E-state index is -0.296. The third-order valence-corrected chi connectivity index (χ3v) is 3.54. The maximum atomic E-state index is 11.4. The molecule has 1 saturated heterocycles. The molecule has 1 aromatic rings. The van der Waals surface area contributed by atoms with Crippen molar-refractivity contribution in [2.45, 2.75) is 45.4 Å². The standard InChI is InChI=1S/C17H25NO3/c1-16(2)11-18(12-17(3,4)21-16)10-13-6-8-14(9-7-13)15(19)20-5/h6-9H,10-12H2,1-5H3. The lowest BCUT2D eigenvalue weighted by molar-refractivity contribution is -0.182. The van der Waals surface area contributed by atoms with Crippen molar-refractivity contribution >= 4 is 5.97 Å². The van der Waals surface area contributed by atoms with Crippen LogP contribution in [0.3, 0.4) is 0 Å². The number of esters is 1. The largest absolute Gasteiger partial charge is 0.465 e. The monoisotopic (exact) mass is 291 g/mol. The van der Waals surface area contributed by atoms with Crippen LogP contribution in [0.4, 0.5) is 0 Å². The van der Waals surface area contributed by atoms with Crippen molar-refractivity contribution in [3.8, 4) is 0 Å². The Labute approximate surface area is 127 Å². The molecular weight excluding hydrogens is 266 g/mol. The Hall–Kier alpha value is -1.39. The van der Waals surface area contributed by atoms with Gasteiger partial charge in [-0.05, 0) is 45.4 Å². The van der Waals surface area contributed by atoms with Crippen LogP contribution in [0, 0.1) is 0 Å². The Kier molecular flexibility index (Phi) is 4.40. The summed E-state index contributed by atoms with van der Waals surface area (Å²) >= 11 is 0. The number of benzene rings is 1. The molecule has 1 aliphatic rings. The zero-order valence-electron chi connectivity index (χ0n) is 13.6. The Morgan fingerprint density at radius 1 is 1.14 bits per heavy atom. The summed E-state index contributed by atoms with van der Waals surface area (Å²) in [6.07, 6.45) is 0. The molecule has 116 valence electrons. The smallest absolute Gasteiger partial charge is 0.337 e. The molecular formula is C17H25NO3. The fourth-order valence-corrected chi connectivity index (χ4v) is 3.18. The lowest BCUT2D eigenvalue weighted by Crippen LogP contribution is -2.56. The van der Waals surface area contributed by atoms with E-state index < -0.39 is 0 Å².